The Labute approximate surface area is 196 Å². The van der Waals surface area contributed by atoms with Crippen LogP contribution in [0, 0.1) is 6.92 Å². The van der Waals surface area contributed by atoms with Crippen molar-refractivity contribution in [1.82, 2.24) is 0 Å². The smallest absolute Gasteiger partial charge is 0.341 e. The highest BCUT2D eigenvalue weighted by Crippen LogP contribution is 2.34. The van der Waals surface area contributed by atoms with Gasteiger partial charge in [-0.15, -0.1) is 11.3 Å². The van der Waals surface area contributed by atoms with Crippen molar-refractivity contribution in [3.05, 3.63) is 79.6 Å². The zero-order valence-electron chi connectivity index (χ0n) is 16.6. The highest BCUT2D eigenvalue weighted by Gasteiger charge is 2.26. The van der Waals surface area contributed by atoms with E-state index in [-0.39, 0.29) is 22.9 Å². The van der Waals surface area contributed by atoms with Crippen LogP contribution in [0.2, 0.25) is 5.02 Å². The Hall–Kier alpha value is -2.68. The number of carbonyl (C=O) groups excluding carboxylic acids is 3. The fraction of sp³-hybridized carbons (Fsp3) is 0.136. The molecule has 0 spiro atoms. The van der Waals surface area contributed by atoms with E-state index >= 15 is 0 Å². The second-order valence-electron chi connectivity index (χ2n) is 6.56. The molecule has 0 atom stereocenters. The lowest BCUT2D eigenvalue weighted by Crippen LogP contribution is -2.16. The standard InChI is InChI=1S/C22H18BrClN2O4S/c1-12-18(22(29)30-2)21(26-17(27)11-13-3-5-14(23)6-4-13)31-19(12)20(28)25-16-9-7-15(24)8-10-16/h3-10H,11H2,1-2H3,(H,25,28)(H,26,27). The van der Waals surface area contributed by atoms with Gasteiger partial charge in [-0.1, -0.05) is 39.7 Å². The summed E-state index contributed by atoms with van der Waals surface area (Å²) < 4.78 is 5.77. The molecule has 0 radical (unpaired) electrons. The first-order chi connectivity index (χ1) is 14.8. The summed E-state index contributed by atoms with van der Waals surface area (Å²) in [6, 6.07) is 14.0. The molecule has 3 rings (SSSR count). The molecular formula is C22H18BrClN2O4S. The summed E-state index contributed by atoms with van der Waals surface area (Å²) in [5.74, 6) is -1.33. The van der Waals surface area contributed by atoms with Crippen LogP contribution in [0.3, 0.4) is 0 Å². The summed E-state index contributed by atoms with van der Waals surface area (Å²) in [6.07, 6.45) is 0.122. The maximum atomic E-state index is 12.8. The van der Waals surface area contributed by atoms with Crippen molar-refractivity contribution in [3.8, 4) is 0 Å². The van der Waals surface area contributed by atoms with Crippen molar-refractivity contribution in [3.63, 3.8) is 0 Å². The van der Waals surface area contributed by atoms with Gasteiger partial charge in [-0.05, 0) is 54.4 Å². The highest BCUT2D eigenvalue weighted by molar-refractivity contribution is 9.10. The van der Waals surface area contributed by atoms with Crippen molar-refractivity contribution < 1.29 is 19.1 Å². The lowest BCUT2D eigenvalue weighted by Gasteiger charge is -2.06. The molecule has 2 N–H and O–H groups in total. The summed E-state index contributed by atoms with van der Waals surface area (Å²) in [6.45, 7) is 1.64. The first kappa shape index (κ1) is 23.0. The molecule has 2 aromatic carbocycles. The van der Waals surface area contributed by atoms with Crippen LogP contribution in [-0.4, -0.2) is 24.9 Å². The van der Waals surface area contributed by atoms with Crippen LogP contribution in [0.4, 0.5) is 10.7 Å². The first-order valence-electron chi connectivity index (χ1n) is 9.11. The van der Waals surface area contributed by atoms with Crippen LogP contribution in [0.25, 0.3) is 0 Å². The molecule has 3 aromatic rings. The predicted octanol–water partition coefficient (Wildman–Crippen LogP) is 5.69. The number of anilines is 2. The van der Waals surface area contributed by atoms with Crippen LogP contribution < -0.4 is 10.6 Å². The van der Waals surface area contributed by atoms with Gasteiger partial charge in [0.2, 0.25) is 5.91 Å². The fourth-order valence-electron chi connectivity index (χ4n) is 2.85. The third-order valence-electron chi connectivity index (χ3n) is 4.38. The number of hydrogen-bond acceptors (Lipinski definition) is 5. The Morgan fingerprint density at radius 3 is 2.29 bits per heavy atom. The molecule has 0 unspecified atom stereocenters. The van der Waals surface area contributed by atoms with E-state index in [1.807, 2.05) is 24.3 Å². The largest absolute Gasteiger partial charge is 0.465 e. The number of amides is 2. The number of hydrogen-bond donors (Lipinski definition) is 2. The number of ether oxygens (including phenoxy) is 1. The topological polar surface area (TPSA) is 84.5 Å². The highest BCUT2D eigenvalue weighted by atomic mass is 79.9. The van der Waals surface area contributed by atoms with Gasteiger partial charge in [0.05, 0.1) is 24.0 Å². The fourth-order valence-corrected chi connectivity index (χ4v) is 4.34. The Balaban J connectivity index is 1.84. The molecule has 31 heavy (non-hydrogen) atoms. The molecule has 1 heterocycles. The molecule has 0 aliphatic carbocycles. The Bertz CT molecular complexity index is 1130. The maximum absolute atomic E-state index is 12.8. The van der Waals surface area contributed by atoms with E-state index in [0.717, 1.165) is 21.4 Å². The summed E-state index contributed by atoms with van der Waals surface area (Å²) in [5, 5.41) is 6.33. The summed E-state index contributed by atoms with van der Waals surface area (Å²) in [7, 11) is 1.25. The number of benzene rings is 2. The molecular weight excluding hydrogens is 504 g/mol. The monoisotopic (exact) mass is 520 g/mol. The molecule has 0 aliphatic heterocycles. The van der Waals surface area contributed by atoms with Gasteiger partial charge in [0.1, 0.15) is 5.00 Å². The van der Waals surface area contributed by atoms with Crippen LogP contribution in [0.15, 0.2) is 53.0 Å². The number of thiophene rings is 1. The van der Waals surface area contributed by atoms with E-state index in [9.17, 15) is 14.4 Å². The van der Waals surface area contributed by atoms with E-state index in [0.29, 0.717) is 21.2 Å². The van der Waals surface area contributed by atoms with Gasteiger partial charge in [0.25, 0.3) is 5.91 Å². The lowest BCUT2D eigenvalue weighted by atomic mass is 10.1. The van der Waals surface area contributed by atoms with Gasteiger partial charge in [-0.25, -0.2) is 4.79 Å². The normalized spacial score (nSPS) is 10.5. The van der Waals surface area contributed by atoms with E-state index < -0.39 is 11.9 Å². The van der Waals surface area contributed by atoms with Gasteiger partial charge in [0.15, 0.2) is 0 Å². The molecule has 6 nitrogen and oxygen atoms in total. The van der Waals surface area contributed by atoms with Gasteiger partial charge in [0, 0.05) is 15.2 Å². The van der Waals surface area contributed by atoms with E-state index in [2.05, 4.69) is 26.6 Å². The van der Waals surface area contributed by atoms with Crippen molar-refractivity contribution in [1.29, 1.82) is 0 Å². The minimum atomic E-state index is -0.627. The molecule has 0 saturated heterocycles. The molecule has 0 fully saturated rings. The quantitative estimate of drug-likeness (QED) is 0.408. The molecule has 0 aliphatic rings. The second-order valence-corrected chi connectivity index (χ2v) is 8.94. The number of methoxy groups -OCH3 is 1. The second kappa shape index (κ2) is 10.1. The Morgan fingerprint density at radius 2 is 1.68 bits per heavy atom. The molecule has 0 saturated carbocycles. The number of esters is 1. The molecule has 2 amide bonds. The summed E-state index contributed by atoms with van der Waals surface area (Å²) >= 11 is 10.3. The minimum Gasteiger partial charge on any atom is -0.465 e. The SMILES string of the molecule is COC(=O)c1c(NC(=O)Cc2ccc(Br)cc2)sc(C(=O)Nc2ccc(Cl)cc2)c1C. The molecule has 0 bridgehead atoms. The van der Waals surface area contributed by atoms with Gasteiger partial charge in [-0.3, -0.25) is 9.59 Å². The number of carbonyl (C=O) groups is 3. The first-order valence-corrected chi connectivity index (χ1v) is 11.1. The van der Waals surface area contributed by atoms with Crippen LogP contribution >= 0.6 is 38.9 Å². The molecule has 9 heteroatoms. The third kappa shape index (κ3) is 5.72. The van der Waals surface area contributed by atoms with Crippen molar-refractivity contribution >= 4 is 67.3 Å². The van der Waals surface area contributed by atoms with Gasteiger partial charge in [-0.2, -0.15) is 0 Å². The van der Waals surface area contributed by atoms with Crippen molar-refractivity contribution in [2.75, 3.05) is 17.7 Å². The average molecular weight is 522 g/mol. The average Bonchev–Trinajstić information content (AvgIpc) is 3.06. The Kier molecular flexibility index (Phi) is 7.48. The van der Waals surface area contributed by atoms with Gasteiger partial charge >= 0.3 is 5.97 Å². The van der Waals surface area contributed by atoms with Crippen molar-refractivity contribution in [2.45, 2.75) is 13.3 Å². The van der Waals surface area contributed by atoms with E-state index in [4.69, 9.17) is 16.3 Å². The van der Waals surface area contributed by atoms with E-state index in [1.54, 1.807) is 31.2 Å². The number of halogens is 2. The Morgan fingerprint density at radius 1 is 1.03 bits per heavy atom. The third-order valence-corrected chi connectivity index (χ3v) is 6.36. The minimum absolute atomic E-state index is 0.122. The summed E-state index contributed by atoms with van der Waals surface area (Å²) in [4.78, 5) is 38.0. The van der Waals surface area contributed by atoms with Gasteiger partial charge < -0.3 is 15.4 Å². The summed E-state index contributed by atoms with van der Waals surface area (Å²) in [5.41, 5.74) is 1.97. The molecule has 160 valence electrons. The van der Waals surface area contributed by atoms with Crippen LogP contribution in [-0.2, 0) is 16.0 Å². The van der Waals surface area contributed by atoms with Crippen LogP contribution in [0.1, 0.15) is 31.2 Å². The number of rotatable bonds is 6. The predicted molar refractivity (Wildman–Crippen MR) is 126 cm³/mol. The van der Waals surface area contributed by atoms with Crippen LogP contribution in [0.5, 0.6) is 0 Å². The zero-order chi connectivity index (χ0) is 22.5. The molecule has 1 aromatic heterocycles. The lowest BCUT2D eigenvalue weighted by molar-refractivity contribution is -0.115. The maximum Gasteiger partial charge on any atom is 0.341 e. The van der Waals surface area contributed by atoms with E-state index in [1.165, 1.54) is 7.11 Å². The number of nitrogens with one attached hydrogen (secondary N) is 2. The zero-order valence-corrected chi connectivity index (χ0v) is 19.8. The van der Waals surface area contributed by atoms with Crippen molar-refractivity contribution in [2.24, 2.45) is 0 Å².